The Bertz CT molecular complexity index is 592. The molecule has 2 rings (SSSR count). The predicted octanol–water partition coefficient (Wildman–Crippen LogP) is 2.25. The Balaban J connectivity index is 2.05. The molecule has 1 heterocycles. The molecule has 1 aromatic carbocycles. The molecule has 0 bridgehead atoms. The number of pyridine rings is 1. The number of benzene rings is 1. The summed E-state index contributed by atoms with van der Waals surface area (Å²) in [5.74, 6) is -0.422. The molecule has 0 aliphatic carbocycles. The van der Waals surface area contributed by atoms with Crippen molar-refractivity contribution in [2.75, 3.05) is 18.5 Å². The molecule has 2 aromatic rings. The SMILES string of the molecule is O=C(Nc1cccc(F)c1)N(CCO)Cc1cccnc1. The highest BCUT2D eigenvalue weighted by Crippen LogP contribution is 2.11. The normalized spacial score (nSPS) is 10.2. The number of halogens is 1. The number of carbonyl (C=O) groups excluding carboxylic acids is 1. The van der Waals surface area contributed by atoms with Gasteiger partial charge in [-0.15, -0.1) is 0 Å². The average molecular weight is 289 g/mol. The van der Waals surface area contributed by atoms with E-state index in [-0.39, 0.29) is 13.2 Å². The first kappa shape index (κ1) is 14.9. The average Bonchev–Trinajstić information content (AvgIpc) is 2.48. The van der Waals surface area contributed by atoms with Gasteiger partial charge < -0.3 is 15.3 Å². The molecule has 0 saturated heterocycles. The number of hydrogen-bond donors (Lipinski definition) is 2. The number of aliphatic hydroxyl groups excluding tert-OH is 1. The number of nitrogens with zero attached hydrogens (tertiary/aromatic N) is 2. The molecule has 0 radical (unpaired) electrons. The third kappa shape index (κ3) is 4.54. The zero-order chi connectivity index (χ0) is 15.1. The summed E-state index contributed by atoms with van der Waals surface area (Å²) in [6.45, 7) is 0.336. The van der Waals surface area contributed by atoms with Crippen molar-refractivity contribution in [3.63, 3.8) is 0 Å². The highest BCUT2D eigenvalue weighted by Gasteiger charge is 2.14. The van der Waals surface area contributed by atoms with Crippen molar-refractivity contribution in [2.24, 2.45) is 0 Å². The first-order valence-corrected chi connectivity index (χ1v) is 6.50. The predicted molar refractivity (Wildman–Crippen MR) is 77.2 cm³/mol. The molecular formula is C15H16FN3O2. The van der Waals surface area contributed by atoms with E-state index >= 15 is 0 Å². The van der Waals surface area contributed by atoms with Gasteiger partial charge >= 0.3 is 6.03 Å². The zero-order valence-corrected chi connectivity index (χ0v) is 11.4. The number of aromatic nitrogens is 1. The van der Waals surface area contributed by atoms with E-state index in [1.807, 2.05) is 6.07 Å². The minimum atomic E-state index is -0.422. The van der Waals surface area contributed by atoms with Gasteiger partial charge in [0.15, 0.2) is 0 Å². The lowest BCUT2D eigenvalue weighted by atomic mass is 10.2. The number of carbonyl (C=O) groups is 1. The minimum Gasteiger partial charge on any atom is -0.395 e. The first-order chi connectivity index (χ1) is 10.2. The minimum absolute atomic E-state index is 0.156. The van der Waals surface area contributed by atoms with Crippen molar-refractivity contribution in [1.29, 1.82) is 0 Å². The molecule has 1 aromatic heterocycles. The molecule has 2 N–H and O–H groups in total. The van der Waals surface area contributed by atoms with Crippen molar-refractivity contribution in [1.82, 2.24) is 9.88 Å². The summed E-state index contributed by atoms with van der Waals surface area (Å²) in [4.78, 5) is 17.6. The highest BCUT2D eigenvalue weighted by atomic mass is 19.1. The Labute approximate surface area is 122 Å². The Morgan fingerprint density at radius 1 is 1.33 bits per heavy atom. The van der Waals surface area contributed by atoms with Gasteiger partial charge in [0.25, 0.3) is 0 Å². The first-order valence-electron chi connectivity index (χ1n) is 6.50. The van der Waals surface area contributed by atoms with Crippen LogP contribution in [0.4, 0.5) is 14.9 Å². The van der Waals surface area contributed by atoms with E-state index in [1.54, 1.807) is 24.5 Å². The second kappa shape index (κ2) is 7.35. The van der Waals surface area contributed by atoms with Crippen molar-refractivity contribution in [2.45, 2.75) is 6.54 Å². The van der Waals surface area contributed by atoms with Crippen LogP contribution in [0.5, 0.6) is 0 Å². The van der Waals surface area contributed by atoms with Crippen LogP contribution in [-0.4, -0.2) is 34.2 Å². The second-order valence-corrected chi connectivity index (χ2v) is 4.45. The number of aliphatic hydroxyl groups is 1. The van der Waals surface area contributed by atoms with Crippen LogP contribution in [0.15, 0.2) is 48.8 Å². The van der Waals surface area contributed by atoms with Crippen LogP contribution in [0, 0.1) is 5.82 Å². The fraction of sp³-hybridized carbons (Fsp3) is 0.200. The van der Waals surface area contributed by atoms with Crippen LogP contribution >= 0.6 is 0 Å². The summed E-state index contributed by atoms with van der Waals surface area (Å²) in [7, 11) is 0. The summed E-state index contributed by atoms with van der Waals surface area (Å²) >= 11 is 0. The topological polar surface area (TPSA) is 65.5 Å². The maximum atomic E-state index is 13.1. The fourth-order valence-corrected chi connectivity index (χ4v) is 1.85. The molecule has 21 heavy (non-hydrogen) atoms. The van der Waals surface area contributed by atoms with Crippen molar-refractivity contribution in [3.05, 3.63) is 60.2 Å². The van der Waals surface area contributed by atoms with E-state index in [9.17, 15) is 9.18 Å². The molecule has 0 aliphatic rings. The third-order valence-electron chi connectivity index (χ3n) is 2.83. The monoisotopic (exact) mass is 289 g/mol. The third-order valence-corrected chi connectivity index (χ3v) is 2.83. The molecule has 0 saturated carbocycles. The van der Waals surface area contributed by atoms with E-state index in [0.29, 0.717) is 12.2 Å². The van der Waals surface area contributed by atoms with Gasteiger partial charge in [-0.1, -0.05) is 12.1 Å². The van der Waals surface area contributed by atoms with Crippen molar-refractivity contribution >= 4 is 11.7 Å². The fourth-order valence-electron chi connectivity index (χ4n) is 1.85. The van der Waals surface area contributed by atoms with Gasteiger partial charge in [0.1, 0.15) is 5.82 Å². The van der Waals surface area contributed by atoms with Crippen LogP contribution < -0.4 is 5.32 Å². The van der Waals surface area contributed by atoms with Gasteiger partial charge in [-0.25, -0.2) is 9.18 Å². The second-order valence-electron chi connectivity index (χ2n) is 4.45. The van der Waals surface area contributed by atoms with Crippen molar-refractivity contribution < 1.29 is 14.3 Å². The molecule has 5 nitrogen and oxygen atoms in total. The van der Waals surface area contributed by atoms with Gasteiger partial charge in [-0.2, -0.15) is 0 Å². The molecule has 0 spiro atoms. The Hall–Kier alpha value is -2.47. The number of amides is 2. The van der Waals surface area contributed by atoms with Crippen LogP contribution in [-0.2, 0) is 6.54 Å². The summed E-state index contributed by atoms with van der Waals surface area (Å²) in [5, 5.41) is 11.7. The summed E-state index contributed by atoms with van der Waals surface area (Å²) in [5.41, 5.74) is 1.22. The number of rotatable bonds is 5. The molecule has 110 valence electrons. The van der Waals surface area contributed by atoms with E-state index in [4.69, 9.17) is 5.11 Å². The smallest absolute Gasteiger partial charge is 0.322 e. The molecule has 0 fully saturated rings. The number of hydrogen-bond acceptors (Lipinski definition) is 3. The standard InChI is InChI=1S/C15H16FN3O2/c16-13-4-1-5-14(9-13)18-15(21)19(7-8-20)11-12-3-2-6-17-10-12/h1-6,9-10,20H,7-8,11H2,(H,18,21). The van der Waals surface area contributed by atoms with Crippen LogP contribution in [0.25, 0.3) is 0 Å². The van der Waals surface area contributed by atoms with Crippen LogP contribution in [0.1, 0.15) is 5.56 Å². The van der Waals surface area contributed by atoms with Gasteiger partial charge in [-0.05, 0) is 29.8 Å². The zero-order valence-electron chi connectivity index (χ0n) is 11.4. The lowest BCUT2D eigenvalue weighted by Crippen LogP contribution is -2.36. The number of anilines is 1. The van der Waals surface area contributed by atoms with Gasteiger partial charge in [0.2, 0.25) is 0 Å². The maximum absolute atomic E-state index is 13.1. The van der Waals surface area contributed by atoms with Crippen LogP contribution in [0.3, 0.4) is 0 Å². The molecule has 0 unspecified atom stereocenters. The molecular weight excluding hydrogens is 273 g/mol. The van der Waals surface area contributed by atoms with E-state index < -0.39 is 11.8 Å². The maximum Gasteiger partial charge on any atom is 0.322 e. The number of nitrogens with one attached hydrogen (secondary N) is 1. The summed E-state index contributed by atoms with van der Waals surface area (Å²) < 4.78 is 13.1. The van der Waals surface area contributed by atoms with Gasteiger partial charge in [0.05, 0.1) is 6.61 Å². The Kier molecular flexibility index (Phi) is 5.22. The van der Waals surface area contributed by atoms with Gasteiger partial charge in [0, 0.05) is 31.2 Å². The van der Waals surface area contributed by atoms with E-state index in [2.05, 4.69) is 10.3 Å². The molecule has 2 amide bonds. The number of urea groups is 1. The van der Waals surface area contributed by atoms with Crippen molar-refractivity contribution in [3.8, 4) is 0 Å². The van der Waals surface area contributed by atoms with Crippen LogP contribution in [0.2, 0.25) is 0 Å². The Morgan fingerprint density at radius 3 is 2.86 bits per heavy atom. The Morgan fingerprint density at radius 2 is 2.19 bits per heavy atom. The van der Waals surface area contributed by atoms with Gasteiger partial charge in [-0.3, -0.25) is 4.98 Å². The molecule has 0 aliphatic heterocycles. The van der Waals surface area contributed by atoms with E-state index in [0.717, 1.165) is 5.56 Å². The lowest BCUT2D eigenvalue weighted by molar-refractivity contribution is 0.185. The summed E-state index contributed by atoms with van der Waals surface area (Å²) in [6.07, 6.45) is 3.30. The molecule has 6 heteroatoms. The van der Waals surface area contributed by atoms with E-state index in [1.165, 1.54) is 23.1 Å². The quantitative estimate of drug-likeness (QED) is 0.887. The lowest BCUT2D eigenvalue weighted by Gasteiger charge is -2.22. The largest absolute Gasteiger partial charge is 0.395 e. The summed E-state index contributed by atoms with van der Waals surface area (Å²) in [6, 6.07) is 8.86. The highest BCUT2D eigenvalue weighted by molar-refractivity contribution is 5.89. The molecule has 0 atom stereocenters.